The summed E-state index contributed by atoms with van der Waals surface area (Å²) < 4.78 is 11.0. The van der Waals surface area contributed by atoms with Crippen molar-refractivity contribution in [1.29, 1.82) is 0 Å². The second-order valence-corrected chi connectivity index (χ2v) is 4.33. The average Bonchev–Trinajstić information content (AvgIpc) is 2.50. The number of methoxy groups -OCH3 is 1. The van der Waals surface area contributed by atoms with Gasteiger partial charge in [-0.3, -0.25) is 4.98 Å². The van der Waals surface area contributed by atoms with Gasteiger partial charge >= 0.3 is 0 Å². The van der Waals surface area contributed by atoms with Crippen LogP contribution in [-0.4, -0.2) is 12.1 Å². The number of benzene rings is 2. The fourth-order valence-electron chi connectivity index (χ4n) is 2.04. The summed E-state index contributed by atoms with van der Waals surface area (Å²) in [5.74, 6) is 2.03. The number of pyridine rings is 1. The summed E-state index contributed by atoms with van der Waals surface area (Å²) in [5.41, 5.74) is 7.57. The number of aromatic nitrogens is 1. The van der Waals surface area contributed by atoms with Gasteiger partial charge in [-0.1, -0.05) is 6.07 Å². The molecule has 1 aromatic heterocycles. The normalized spacial score (nSPS) is 10.4. The fourth-order valence-corrected chi connectivity index (χ4v) is 2.04. The lowest BCUT2D eigenvalue weighted by Crippen LogP contribution is -1.94. The van der Waals surface area contributed by atoms with E-state index in [9.17, 15) is 0 Å². The van der Waals surface area contributed by atoms with E-state index in [4.69, 9.17) is 15.2 Å². The molecular weight excluding hydrogens is 252 g/mol. The van der Waals surface area contributed by atoms with Crippen LogP contribution in [0.5, 0.6) is 17.2 Å². The summed E-state index contributed by atoms with van der Waals surface area (Å²) in [6.07, 6.45) is 1.74. The standard InChI is InChI=1S/C16H14N2O2/c1-19-11-4-2-5-12(10-11)20-15-8-7-14-13(16(15)17)6-3-9-18-14/h2-10H,17H2,1H3. The summed E-state index contributed by atoms with van der Waals surface area (Å²) >= 11 is 0. The predicted octanol–water partition coefficient (Wildman–Crippen LogP) is 3.62. The van der Waals surface area contributed by atoms with Gasteiger partial charge in [0.15, 0.2) is 5.75 Å². The van der Waals surface area contributed by atoms with Crippen molar-refractivity contribution in [2.75, 3.05) is 12.8 Å². The Morgan fingerprint density at radius 2 is 1.85 bits per heavy atom. The Morgan fingerprint density at radius 1 is 1.00 bits per heavy atom. The molecule has 0 radical (unpaired) electrons. The molecule has 0 bridgehead atoms. The third-order valence-electron chi connectivity index (χ3n) is 3.06. The molecule has 4 heteroatoms. The number of nitrogen functional groups attached to an aromatic ring is 1. The van der Waals surface area contributed by atoms with Crippen LogP contribution in [0.1, 0.15) is 0 Å². The average molecular weight is 266 g/mol. The number of rotatable bonds is 3. The molecule has 0 saturated carbocycles. The van der Waals surface area contributed by atoms with Crippen LogP contribution in [0.25, 0.3) is 10.9 Å². The molecular formula is C16H14N2O2. The lowest BCUT2D eigenvalue weighted by atomic mass is 10.1. The van der Waals surface area contributed by atoms with Gasteiger partial charge in [0.2, 0.25) is 0 Å². The van der Waals surface area contributed by atoms with Crippen molar-refractivity contribution in [1.82, 2.24) is 4.98 Å². The number of anilines is 1. The molecule has 0 fully saturated rings. The molecule has 0 aliphatic heterocycles. The highest BCUT2D eigenvalue weighted by Crippen LogP contribution is 2.33. The van der Waals surface area contributed by atoms with Crippen LogP contribution < -0.4 is 15.2 Å². The van der Waals surface area contributed by atoms with Crippen LogP contribution >= 0.6 is 0 Å². The number of hydrogen-bond donors (Lipinski definition) is 1. The second kappa shape index (κ2) is 5.09. The van der Waals surface area contributed by atoms with Crippen LogP contribution in [0.3, 0.4) is 0 Å². The predicted molar refractivity (Wildman–Crippen MR) is 79.2 cm³/mol. The van der Waals surface area contributed by atoms with E-state index in [-0.39, 0.29) is 0 Å². The Kier molecular flexibility index (Phi) is 3.13. The van der Waals surface area contributed by atoms with Crippen molar-refractivity contribution in [2.24, 2.45) is 0 Å². The summed E-state index contributed by atoms with van der Waals surface area (Å²) in [4.78, 5) is 4.26. The van der Waals surface area contributed by atoms with E-state index < -0.39 is 0 Å². The first-order valence-corrected chi connectivity index (χ1v) is 6.23. The van der Waals surface area contributed by atoms with E-state index in [1.54, 1.807) is 13.3 Å². The SMILES string of the molecule is COc1cccc(Oc2ccc3ncccc3c2N)c1. The minimum Gasteiger partial charge on any atom is -0.497 e. The zero-order valence-corrected chi connectivity index (χ0v) is 11.0. The fraction of sp³-hybridized carbons (Fsp3) is 0.0625. The summed E-state index contributed by atoms with van der Waals surface area (Å²) in [5, 5.41) is 0.882. The van der Waals surface area contributed by atoms with Crippen LogP contribution in [-0.2, 0) is 0 Å². The van der Waals surface area contributed by atoms with E-state index in [2.05, 4.69) is 4.98 Å². The van der Waals surface area contributed by atoms with Gasteiger partial charge in [0, 0.05) is 17.6 Å². The van der Waals surface area contributed by atoms with Crippen molar-refractivity contribution in [2.45, 2.75) is 0 Å². The smallest absolute Gasteiger partial charge is 0.151 e. The number of hydrogen-bond acceptors (Lipinski definition) is 4. The molecule has 20 heavy (non-hydrogen) atoms. The summed E-state index contributed by atoms with van der Waals surface area (Å²) in [6, 6.07) is 14.9. The van der Waals surface area contributed by atoms with E-state index in [0.29, 0.717) is 17.2 Å². The topological polar surface area (TPSA) is 57.4 Å². The Bertz CT molecular complexity index is 756. The molecule has 0 unspecified atom stereocenters. The largest absolute Gasteiger partial charge is 0.497 e. The number of nitrogens with two attached hydrogens (primary N) is 1. The molecule has 4 nitrogen and oxygen atoms in total. The zero-order chi connectivity index (χ0) is 13.9. The number of ether oxygens (including phenoxy) is 2. The van der Waals surface area contributed by atoms with Crippen molar-refractivity contribution in [3.63, 3.8) is 0 Å². The molecule has 0 spiro atoms. The molecule has 0 aliphatic carbocycles. The third kappa shape index (κ3) is 2.23. The molecule has 0 saturated heterocycles. The van der Waals surface area contributed by atoms with Gasteiger partial charge in [0.1, 0.15) is 11.5 Å². The van der Waals surface area contributed by atoms with Gasteiger partial charge in [-0.2, -0.15) is 0 Å². The maximum Gasteiger partial charge on any atom is 0.151 e. The molecule has 3 rings (SSSR count). The van der Waals surface area contributed by atoms with Crippen molar-refractivity contribution < 1.29 is 9.47 Å². The van der Waals surface area contributed by atoms with Crippen molar-refractivity contribution in [3.05, 3.63) is 54.7 Å². The quantitative estimate of drug-likeness (QED) is 0.736. The van der Waals surface area contributed by atoms with Gasteiger partial charge in [0.25, 0.3) is 0 Å². The van der Waals surface area contributed by atoms with E-state index in [1.165, 1.54) is 0 Å². The second-order valence-electron chi connectivity index (χ2n) is 4.33. The van der Waals surface area contributed by atoms with Gasteiger partial charge in [-0.05, 0) is 36.4 Å². The van der Waals surface area contributed by atoms with Gasteiger partial charge < -0.3 is 15.2 Å². The summed E-state index contributed by atoms with van der Waals surface area (Å²) in [7, 11) is 1.62. The Balaban J connectivity index is 2.00. The third-order valence-corrected chi connectivity index (χ3v) is 3.06. The highest BCUT2D eigenvalue weighted by Gasteiger charge is 2.07. The summed E-state index contributed by atoms with van der Waals surface area (Å²) in [6.45, 7) is 0. The highest BCUT2D eigenvalue weighted by atomic mass is 16.5. The molecule has 0 amide bonds. The van der Waals surface area contributed by atoms with Crippen LogP contribution in [0.4, 0.5) is 5.69 Å². The zero-order valence-electron chi connectivity index (χ0n) is 11.0. The molecule has 2 aromatic carbocycles. The molecule has 0 atom stereocenters. The first kappa shape index (κ1) is 12.3. The first-order valence-electron chi connectivity index (χ1n) is 6.23. The van der Waals surface area contributed by atoms with Crippen molar-refractivity contribution in [3.8, 4) is 17.2 Å². The van der Waals surface area contributed by atoms with E-state index >= 15 is 0 Å². The molecule has 1 heterocycles. The highest BCUT2D eigenvalue weighted by molar-refractivity contribution is 5.93. The Hall–Kier alpha value is -2.75. The molecule has 3 aromatic rings. The number of fused-ring (bicyclic) bond motifs is 1. The van der Waals surface area contributed by atoms with Gasteiger partial charge in [-0.15, -0.1) is 0 Å². The lowest BCUT2D eigenvalue weighted by molar-refractivity contribution is 0.409. The molecule has 2 N–H and O–H groups in total. The van der Waals surface area contributed by atoms with Crippen LogP contribution in [0.2, 0.25) is 0 Å². The minimum absolute atomic E-state index is 0.582. The Morgan fingerprint density at radius 3 is 2.70 bits per heavy atom. The maximum atomic E-state index is 6.14. The molecule has 100 valence electrons. The van der Waals surface area contributed by atoms with Gasteiger partial charge in [-0.25, -0.2) is 0 Å². The number of nitrogens with zero attached hydrogens (tertiary/aromatic N) is 1. The Labute approximate surface area is 116 Å². The van der Waals surface area contributed by atoms with Crippen LogP contribution in [0.15, 0.2) is 54.7 Å². The van der Waals surface area contributed by atoms with E-state index in [0.717, 1.165) is 16.7 Å². The van der Waals surface area contributed by atoms with Crippen molar-refractivity contribution >= 4 is 16.6 Å². The first-order chi connectivity index (χ1) is 9.78. The monoisotopic (exact) mass is 266 g/mol. The lowest BCUT2D eigenvalue weighted by Gasteiger charge is -2.11. The van der Waals surface area contributed by atoms with Crippen LogP contribution in [0, 0.1) is 0 Å². The minimum atomic E-state index is 0.582. The van der Waals surface area contributed by atoms with E-state index in [1.807, 2.05) is 48.5 Å². The maximum absolute atomic E-state index is 6.14. The van der Waals surface area contributed by atoms with Gasteiger partial charge in [0.05, 0.1) is 18.3 Å². The molecule has 0 aliphatic rings.